The van der Waals surface area contributed by atoms with Crippen molar-refractivity contribution < 1.29 is 4.74 Å². The highest BCUT2D eigenvalue weighted by atomic mass is 16.5. The van der Waals surface area contributed by atoms with Gasteiger partial charge < -0.3 is 16.2 Å². The first kappa shape index (κ1) is 14.0. The Morgan fingerprint density at radius 2 is 1.94 bits per heavy atom. The van der Waals surface area contributed by atoms with Gasteiger partial charge in [0, 0.05) is 17.6 Å². The first-order chi connectivity index (χ1) is 8.08. The summed E-state index contributed by atoms with van der Waals surface area (Å²) in [7, 11) is 1.68. The van der Waals surface area contributed by atoms with Crippen molar-refractivity contribution in [3.63, 3.8) is 0 Å². The highest BCUT2D eigenvalue weighted by Gasteiger charge is 2.13. The number of nitrogens with two attached hydrogens (primary N) is 2. The average molecular weight is 236 g/mol. The Balaban J connectivity index is 2.85. The van der Waals surface area contributed by atoms with E-state index in [1.807, 2.05) is 13.0 Å². The lowest BCUT2D eigenvalue weighted by atomic mass is 9.97. The Morgan fingerprint density at radius 3 is 2.47 bits per heavy atom. The number of benzene rings is 1. The zero-order valence-corrected chi connectivity index (χ0v) is 11.1. The molecule has 0 fully saturated rings. The van der Waals surface area contributed by atoms with Crippen LogP contribution in [0.15, 0.2) is 18.2 Å². The molecule has 0 radical (unpaired) electrons. The van der Waals surface area contributed by atoms with E-state index >= 15 is 0 Å². The van der Waals surface area contributed by atoms with Crippen LogP contribution in [0.2, 0.25) is 0 Å². The minimum Gasteiger partial charge on any atom is -0.496 e. The van der Waals surface area contributed by atoms with Crippen LogP contribution in [0.25, 0.3) is 0 Å². The number of rotatable bonds is 6. The minimum absolute atomic E-state index is 0.00227. The maximum absolute atomic E-state index is 6.21. The lowest BCUT2D eigenvalue weighted by molar-refractivity contribution is 0.402. The van der Waals surface area contributed by atoms with Gasteiger partial charge in [-0.3, -0.25) is 0 Å². The Morgan fingerprint density at radius 1 is 1.24 bits per heavy atom. The normalized spacial score (nSPS) is 14.4. The number of hydrogen-bond donors (Lipinski definition) is 2. The molecule has 96 valence electrons. The summed E-state index contributed by atoms with van der Waals surface area (Å²) in [6, 6.07) is 6.43. The van der Waals surface area contributed by atoms with E-state index in [4.69, 9.17) is 16.2 Å². The average Bonchev–Trinajstić information content (AvgIpc) is 2.34. The lowest BCUT2D eigenvalue weighted by Gasteiger charge is -2.17. The van der Waals surface area contributed by atoms with E-state index in [9.17, 15) is 0 Å². The monoisotopic (exact) mass is 236 g/mol. The van der Waals surface area contributed by atoms with Crippen LogP contribution in [0.3, 0.4) is 0 Å². The van der Waals surface area contributed by atoms with Crippen molar-refractivity contribution in [3.05, 3.63) is 29.3 Å². The van der Waals surface area contributed by atoms with Crippen LogP contribution in [0.5, 0.6) is 5.75 Å². The summed E-state index contributed by atoms with van der Waals surface area (Å²) in [5, 5.41) is 0. The molecule has 3 nitrogen and oxygen atoms in total. The van der Waals surface area contributed by atoms with Crippen LogP contribution in [-0.2, 0) is 6.42 Å². The van der Waals surface area contributed by atoms with Gasteiger partial charge in [-0.25, -0.2) is 0 Å². The van der Waals surface area contributed by atoms with Crippen LogP contribution in [-0.4, -0.2) is 13.2 Å². The fraction of sp³-hybridized carbons (Fsp3) is 0.571. The second kappa shape index (κ2) is 6.62. The van der Waals surface area contributed by atoms with Gasteiger partial charge >= 0.3 is 0 Å². The van der Waals surface area contributed by atoms with Gasteiger partial charge in [0.1, 0.15) is 5.75 Å². The molecular weight excluding hydrogens is 212 g/mol. The molecule has 0 bridgehead atoms. The van der Waals surface area contributed by atoms with Gasteiger partial charge in [0.2, 0.25) is 0 Å². The lowest BCUT2D eigenvalue weighted by Crippen LogP contribution is -2.19. The number of hydrogen-bond acceptors (Lipinski definition) is 3. The standard InChI is InChI=1S/C14H24N2O/c1-4-11-6-8-14(17-3)12(9-11)13(16)7-5-10(2)15/h6,8-10,13H,4-5,7,15-16H2,1-3H3. The molecule has 0 saturated heterocycles. The van der Waals surface area contributed by atoms with Gasteiger partial charge in [-0.15, -0.1) is 0 Å². The molecule has 0 saturated carbocycles. The summed E-state index contributed by atoms with van der Waals surface area (Å²) in [5.74, 6) is 0.874. The summed E-state index contributed by atoms with van der Waals surface area (Å²) in [6.07, 6.45) is 2.83. The van der Waals surface area contributed by atoms with Gasteiger partial charge in [-0.1, -0.05) is 19.1 Å². The minimum atomic E-state index is 0.00227. The van der Waals surface area contributed by atoms with Gasteiger partial charge in [-0.2, -0.15) is 0 Å². The van der Waals surface area contributed by atoms with Crippen LogP contribution >= 0.6 is 0 Å². The predicted molar refractivity (Wildman–Crippen MR) is 72.2 cm³/mol. The Kier molecular flexibility index (Phi) is 5.45. The molecule has 1 aromatic carbocycles. The molecule has 0 aliphatic heterocycles. The van der Waals surface area contributed by atoms with E-state index in [1.165, 1.54) is 5.56 Å². The third-order valence-electron chi connectivity index (χ3n) is 3.03. The summed E-state index contributed by atoms with van der Waals surface area (Å²) >= 11 is 0. The summed E-state index contributed by atoms with van der Waals surface area (Å²) in [4.78, 5) is 0. The summed E-state index contributed by atoms with van der Waals surface area (Å²) < 4.78 is 5.36. The largest absolute Gasteiger partial charge is 0.496 e. The van der Waals surface area contributed by atoms with Crippen LogP contribution < -0.4 is 16.2 Å². The Labute approximate surface area is 104 Å². The van der Waals surface area contributed by atoms with E-state index in [2.05, 4.69) is 19.1 Å². The number of methoxy groups -OCH3 is 1. The zero-order valence-electron chi connectivity index (χ0n) is 11.1. The van der Waals surface area contributed by atoms with Crippen molar-refractivity contribution in [2.45, 2.75) is 45.2 Å². The van der Waals surface area contributed by atoms with Gasteiger partial charge in [0.05, 0.1) is 7.11 Å². The smallest absolute Gasteiger partial charge is 0.123 e. The van der Waals surface area contributed by atoms with Crippen molar-refractivity contribution in [1.82, 2.24) is 0 Å². The second-order valence-corrected chi connectivity index (χ2v) is 4.59. The number of aryl methyl sites for hydroxylation is 1. The molecule has 0 spiro atoms. The first-order valence-electron chi connectivity index (χ1n) is 6.26. The molecule has 3 heteroatoms. The highest BCUT2D eigenvalue weighted by molar-refractivity contribution is 5.39. The van der Waals surface area contributed by atoms with E-state index in [0.717, 1.165) is 30.6 Å². The quantitative estimate of drug-likeness (QED) is 0.797. The Bertz CT molecular complexity index is 350. The molecule has 0 aromatic heterocycles. The molecule has 0 aliphatic carbocycles. The van der Waals surface area contributed by atoms with Crippen molar-refractivity contribution in [2.24, 2.45) is 11.5 Å². The molecule has 0 aliphatic rings. The van der Waals surface area contributed by atoms with E-state index in [1.54, 1.807) is 7.11 Å². The van der Waals surface area contributed by atoms with Crippen LogP contribution in [0.1, 0.15) is 43.9 Å². The third kappa shape index (κ3) is 4.02. The van der Waals surface area contributed by atoms with Gasteiger partial charge in [0.15, 0.2) is 0 Å². The SMILES string of the molecule is CCc1ccc(OC)c(C(N)CCC(C)N)c1. The summed E-state index contributed by atoms with van der Waals surface area (Å²) in [5.41, 5.74) is 14.3. The van der Waals surface area contributed by atoms with E-state index < -0.39 is 0 Å². The maximum atomic E-state index is 6.21. The highest BCUT2D eigenvalue weighted by Crippen LogP contribution is 2.28. The molecular formula is C14H24N2O. The first-order valence-corrected chi connectivity index (χ1v) is 6.26. The fourth-order valence-corrected chi connectivity index (χ4v) is 1.89. The van der Waals surface area contributed by atoms with Crippen molar-refractivity contribution in [1.29, 1.82) is 0 Å². The second-order valence-electron chi connectivity index (χ2n) is 4.59. The van der Waals surface area contributed by atoms with Crippen molar-refractivity contribution in [2.75, 3.05) is 7.11 Å². The Hall–Kier alpha value is -1.06. The molecule has 0 heterocycles. The van der Waals surface area contributed by atoms with Crippen LogP contribution in [0.4, 0.5) is 0 Å². The van der Waals surface area contributed by atoms with Crippen LogP contribution in [0, 0.1) is 0 Å². The molecule has 2 atom stereocenters. The topological polar surface area (TPSA) is 61.3 Å². The van der Waals surface area contributed by atoms with Crippen molar-refractivity contribution >= 4 is 0 Å². The fourth-order valence-electron chi connectivity index (χ4n) is 1.89. The van der Waals surface area contributed by atoms with Gasteiger partial charge in [0.25, 0.3) is 0 Å². The maximum Gasteiger partial charge on any atom is 0.123 e. The molecule has 4 N–H and O–H groups in total. The molecule has 17 heavy (non-hydrogen) atoms. The van der Waals surface area contributed by atoms with E-state index in [0.29, 0.717) is 0 Å². The predicted octanol–water partition coefficient (Wildman–Crippen LogP) is 2.38. The van der Waals surface area contributed by atoms with E-state index in [-0.39, 0.29) is 12.1 Å². The molecule has 0 amide bonds. The molecule has 2 unspecified atom stereocenters. The summed E-state index contributed by atoms with van der Waals surface area (Å²) in [6.45, 7) is 4.14. The molecule has 1 rings (SSSR count). The zero-order chi connectivity index (χ0) is 12.8. The van der Waals surface area contributed by atoms with Gasteiger partial charge in [-0.05, 0) is 37.8 Å². The number of ether oxygens (including phenoxy) is 1. The van der Waals surface area contributed by atoms with Crippen molar-refractivity contribution in [3.8, 4) is 5.75 Å². The molecule has 1 aromatic rings. The third-order valence-corrected chi connectivity index (χ3v) is 3.03.